The first-order valence-electron chi connectivity index (χ1n) is 7.67. The number of anilines is 1. The molecule has 2 heterocycles. The van der Waals surface area contributed by atoms with Crippen molar-refractivity contribution in [1.29, 1.82) is 0 Å². The van der Waals surface area contributed by atoms with E-state index < -0.39 is 10.0 Å². The lowest BCUT2D eigenvalue weighted by Gasteiger charge is -2.15. The predicted molar refractivity (Wildman–Crippen MR) is 88.5 cm³/mol. The molecule has 0 atom stereocenters. The maximum Gasteiger partial charge on any atom is 0.243 e. The van der Waals surface area contributed by atoms with E-state index in [4.69, 9.17) is 0 Å². The van der Waals surface area contributed by atoms with E-state index in [2.05, 4.69) is 15.3 Å². The third kappa shape index (κ3) is 3.68. The topological polar surface area (TPSA) is 75.2 Å². The summed E-state index contributed by atoms with van der Waals surface area (Å²) < 4.78 is 26.5. The number of benzene rings is 1. The van der Waals surface area contributed by atoms with Gasteiger partial charge in [-0.05, 0) is 37.5 Å². The van der Waals surface area contributed by atoms with Gasteiger partial charge in [-0.25, -0.2) is 13.4 Å². The van der Waals surface area contributed by atoms with Crippen LogP contribution in [0.15, 0.2) is 41.6 Å². The summed E-state index contributed by atoms with van der Waals surface area (Å²) in [6, 6.07) is 7.01. The smallest absolute Gasteiger partial charge is 0.243 e. The Morgan fingerprint density at radius 3 is 2.48 bits per heavy atom. The van der Waals surface area contributed by atoms with Crippen LogP contribution in [0.3, 0.4) is 0 Å². The lowest BCUT2D eigenvalue weighted by atomic mass is 10.2. The van der Waals surface area contributed by atoms with E-state index in [0.717, 1.165) is 24.1 Å². The molecule has 1 saturated heterocycles. The van der Waals surface area contributed by atoms with Gasteiger partial charge in [-0.2, -0.15) is 4.31 Å². The number of aryl methyl sites for hydroxylation is 1. The van der Waals surface area contributed by atoms with Crippen molar-refractivity contribution >= 4 is 15.8 Å². The molecule has 0 bridgehead atoms. The van der Waals surface area contributed by atoms with Crippen LogP contribution in [0.1, 0.15) is 24.1 Å². The Bertz CT molecular complexity index is 769. The second-order valence-electron chi connectivity index (χ2n) is 5.65. The molecule has 1 fully saturated rings. The van der Waals surface area contributed by atoms with Gasteiger partial charge in [0.15, 0.2) is 0 Å². The van der Waals surface area contributed by atoms with Crippen molar-refractivity contribution in [2.75, 3.05) is 18.4 Å². The van der Waals surface area contributed by atoms with Crippen molar-refractivity contribution in [3.05, 3.63) is 47.9 Å². The van der Waals surface area contributed by atoms with E-state index in [0.29, 0.717) is 30.3 Å². The molecular weight excluding hydrogens is 312 g/mol. The van der Waals surface area contributed by atoms with Gasteiger partial charge in [0.05, 0.1) is 16.8 Å². The average molecular weight is 332 g/mol. The van der Waals surface area contributed by atoms with Gasteiger partial charge in [-0.3, -0.25) is 4.98 Å². The van der Waals surface area contributed by atoms with E-state index in [-0.39, 0.29) is 0 Å². The highest BCUT2D eigenvalue weighted by Gasteiger charge is 2.26. The summed E-state index contributed by atoms with van der Waals surface area (Å²) in [5.74, 6) is 0.707. The van der Waals surface area contributed by atoms with Crippen molar-refractivity contribution in [2.24, 2.45) is 0 Å². The minimum absolute atomic E-state index is 0.360. The summed E-state index contributed by atoms with van der Waals surface area (Å²) in [5.41, 5.74) is 1.84. The largest absolute Gasteiger partial charge is 0.365 e. The van der Waals surface area contributed by atoms with E-state index >= 15 is 0 Å². The van der Waals surface area contributed by atoms with Crippen molar-refractivity contribution in [3.63, 3.8) is 0 Å². The molecule has 1 aliphatic rings. The van der Waals surface area contributed by atoms with Crippen LogP contribution in [0.5, 0.6) is 0 Å². The first-order chi connectivity index (χ1) is 11.1. The van der Waals surface area contributed by atoms with Crippen molar-refractivity contribution in [3.8, 4) is 0 Å². The summed E-state index contributed by atoms with van der Waals surface area (Å²) in [6.45, 7) is 3.70. The van der Waals surface area contributed by atoms with Gasteiger partial charge in [-0.15, -0.1) is 0 Å². The standard InChI is InChI=1S/C16H20N4O2S/c1-13-10-17-12-16(19-13)18-11-14-4-6-15(7-5-14)23(21,22)20-8-2-3-9-20/h4-7,10,12H,2-3,8-9,11H2,1H3,(H,18,19). The molecule has 1 aromatic heterocycles. The van der Waals surface area contributed by atoms with Crippen molar-refractivity contribution < 1.29 is 8.42 Å². The van der Waals surface area contributed by atoms with Crippen LogP contribution in [0, 0.1) is 6.92 Å². The zero-order chi connectivity index (χ0) is 16.3. The molecule has 23 heavy (non-hydrogen) atoms. The fourth-order valence-electron chi connectivity index (χ4n) is 2.60. The molecule has 122 valence electrons. The van der Waals surface area contributed by atoms with Gasteiger partial charge in [0.2, 0.25) is 10.0 Å². The van der Waals surface area contributed by atoms with Gasteiger partial charge < -0.3 is 5.32 Å². The molecule has 2 aromatic rings. The van der Waals surface area contributed by atoms with E-state index in [1.54, 1.807) is 28.8 Å². The number of hydrogen-bond acceptors (Lipinski definition) is 5. The molecule has 1 N–H and O–H groups in total. The Morgan fingerprint density at radius 2 is 1.83 bits per heavy atom. The highest BCUT2D eigenvalue weighted by atomic mass is 32.2. The molecule has 0 spiro atoms. The minimum atomic E-state index is -3.34. The maximum absolute atomic E-state index is 12.5. The zero-order valence-electron chi connectivity index (χ0n) is 13.1. The van der Waals surface area contributed by atoms with Gasteiger partial charge in [0.1, 0.15) is 5.82 Å². The number of nitrogens with zero attached hydrogens (tertiary/aromatic N) is 3. The molecule has 0 aliphatic carbocycles. The summed E-state index contributed by atoms with van der Waals surface area (Å²) in [4.78, 5) is 8.76. The Labute approximate surface area is 136 Å². The number of nitrogens with one attached hydrogen (secondary N) is 1. The van der Waals surface area contributed by atoms with Crippen LogP contribution in [-0.2, 0) is 16.6 Å². The molecule has 0 radical (unpaired) electrons. The minimum Gasteiger partial charge on any atom is -0.365 e. The van der Waals surface area contributed by atoms with Crippen molar-refractivity contribution in [2.45, 2.75) is 31.2 Å². The van der Waals surface area contributed by atoms with Gasteiger partial charge >= 0.3 is 0 Å². The van der Waals surface area contributed by atoms with Crippen LogP contribution in [0.2, 0.25) is 0 Å². The van der Waals surface area contributed by atoms with E-state index in [1.165, 1.54) is 0 Å². The first kappa shape index (κ1) is 15.9. The van der Waals surface area contributed by atoms with E-state index in [9.17, 15) is 8.42 Å². The summed E-state index contributed by atoms with van der Waals surface area (Å²) in [5, 5.41) is 3.18. The Balaban J connectivity index is 1.67. The van der Waals surface area contributed by atoms with Crippen LogP contribution < -0.4 is 5.32 Å². The number of rotatable bonds is 5. The molecule has 6 nitrogen and oxygen atoms in total. The molecule has 0 saturated carbocycles. The fourth-order valence-corrected chi connectivity index (χ4v) is 4.12. The van der Waals surface area contributed by atoms with Crippen LogP contribution in [-0.4, -0.2) is 35.8 Å². The third-order valence-electron chi connectivity index (χ3n) is 3.85. The predicted octanol–water partition coefficient (Wildman–Crippen LogP) is 2.18. The summed E-state index contributed by atoms with van der Waals surface area (Å²) in [7, 11) is -3.34. The Morgan fingerprint density at radius 1 is 1.13 bits per heavy atom. The van der Waals surface area contributed by atoms with Crippen molar-refractivity contribution in [1.82, 2.24) is 14.3 Å². The Hall–Kier alpha value is -1.99. The molecule has 0 amide bonds. The maximum atomic E-state index is 12.5. The molecule has 3 rings (SSSR count). The normalized spacial score (nSPS) is 15.7. The lowest BCUT2D eigenvalue weighted by molar-refractivity contribution is 0.477. The summed E-state index contributed by atoms with van der Waals surface area (Å²) in [6.07, 6.45) is 5.25. The molecule has 0 unspecified atom stereocenters. The summed E-state index contributed by atoms with van der Waals surface area (Å²) >= 11 is 0. The highest BCUT2D eigenvalue weighted by Crippen LogP contribution is 2.21. The lowest BCUT2D eigenvalue weighted by Crippen LogP contribution is -2.27. The van der Waals surface area contributed by atoms with Gasteiger partial charge in [-0.1, -0.05) is 12.1 Å². The number of sulfonamides is 1. The average Bonchev–Trinajstić information content (AvgIpc) is 3.09. The number of aromatic nitrogens is 2. The van der Waals surface area contributed by atoms with Crippen LogP contribution in [0.25, 0.3) is 0 Å². The third-order valence-corrected chi connectivity index (χ3v) is 5.77. The monoisotopic (exact) mass is 332 g/mol. The Kier molecular flexibility index (Phi) is 4.58. The molecule has 7 heteroatoms. The fraction of sp³-hybridized carbons (Fsp3) is 0.375. The zero-order valence-corrected chi connectivity index (χ0v) is 13.9. The molecule has 1 aromatic carbocycles. The van der Waals surface area contributed by atoms with Crippen LogP contribution >= 0.6 is 0 Å². The van der Waals surface area contributed by atoms with E-state index in [1.807, 2.05) is 19.1 Å². The second-order valence-corrected chi connectivity index (χ2v) is 7.59. The highest BCUT2D eigenvalue weighted by molar-refractivity contribution is 7.89. The van der Waals surface area contributed by atoms with Gasteiger partial charge in [0, 0.05) is 25.8 Å². The van der Waals surface area contributed by atoms with Gasteiger partial charge in [0.25, 0.3) is 0 Å². The van der Waals surface area contributed by atoms with Crippen LogP contribution in [0.4, 0.5) is 5.82 Å². The SMILES string of the molecule is Cc1cncc(NCc2ccc(S(=O)(=O)N3CCCC3)cc2)n1. The molecule has 1 aliphatic heterocycles. The quantitative estimate of drug-likeness (QED) is 0.908. The molecular formula is C16H20N4O2S. The first-order valence-corrected chi connectivity index (χ1v) is 9.11. The second kappa shape index (κ2) is 6.64. The number of hydrogen-bond donors (Lipinski definition) is 1.